The molecule has 0 saturated carbocycles. The van der Waals surface area contributed by atoms with E-state index < -0.39 is 0 Å². The molecule has 0 bridgehead atoms. The molecule has 3 heterocycles. The summed E-state index contributed by atoms with van der Waals surface area (Å²) in [6.07, 6.45) is 1.73. The van der Waals surface area contributed by atoms with Gasteiger partial charge in [0.1, 0.15) is 0 Å². The molecular formula is C20H23N4O2S+. The minimum Gasteiger partial charge on any atom is -0.414 e. The lowest BCUT2D eigenvalue weighted by atomic mass is 9.95. The number of hydrogen-bond acceptors (Lipinski definition) is 5. The van der Waals surface area contributed by atoms with Gasteiger partial charge in [0.25, 0.3) is 11.8 Å². The highest BCUT2D eigenvalue weighted by Crippen LogP contribution is 2.24. The van der Waals surface area contributed by atoms with Crippen LogP contribution in [0.5, 0.6) is 0 Å². The lowest BCUT2D eigenvalue weighted by Crippen LogP contribution is -3.13. The number of benzene rings is 1. The molecule has 1 atom stereocenters. The van der Waals surface area contributed by atoms with Crippen LogP contribution >= 0.6 is 11.3 Å². The largest absolute Gasteiger partial charge is 0.414 e. The van der Waals surface area contributed by atoms with Crippen molar-refractivity contribution in [2.24, 2.45) is 5.92 Å². The van der Waals surface area contributed by atoms with Gasteiger partial charge in [-0.15, -0.1) is 21.5 Å². The first kappa shape index (κ1) is 17.9. The normalized spacial score (nSPS) is 20.9. The SMILES string of the molecule is C[C@H](c1nnc(-c2cccs2)o1)[NH+]1CCC(C(=O)Nc2ccccc2)CC1. The third-order valence-electron chi connectivity index (χ3n) is 5.20. The minimum absolute atomic E-state index is 0.0607. The summed E-state index contributed by atoms with van der Waals surface area (Å²) in [6.45, 7) is 3.96. The van der Waals surface area contributed by atoms with Crippen LogP contribution in [0.15, 0.2) is 52.3 Å². The van der Waals surface area contributed by atoms with Crippen LogP contribution in [-0.2, 0) is 4.79 Å². The second-order valence-corrected chi connectivity index (χ2v) is 7.88. The number of likely N-dealkylation sites (tertiary alicyclic amines) is 1. The van der Waals surface area contributed by atoms with Gasteiger partial charge in [0.05, 0.1) is 18.0 Å². The van der Waals surface area contributed by atoms with Gasteiger partial charge in [-0.1, -0.05) is 24.3 Å². The van der Waals surface area contributed by atoms with E-state index in [1.807, 2.05) is 47.8 Å². The lowest BCUT2D eigenvalue weighted by Gasteiger charge is -2.31. The molecule has 27 heavy (non-hydrogen) atoms. The van der Waals surface area contributed by atoms with E-state index in [0.29, 0.717) is 11.8 Å². The Balaban J connectivity index is 1.33. The molecule has 0 unspecified atom stereocenters. The van der Waals surface area contributed by atoms with Crippen LogP contribution in [0.4, 0.5) is 5.69 Å². The molecule has 3 aromatic rings. The van der Waals surface area contributed by atoms with Crippen molar-refractivity contribution in [3.8, 4) is 10.8 Å². The van der Waals surface area contributed by atoms with Crippen LogP contribution in [-0.4, -0.2) is 29.2 Å². The molecule has 140 valence electrons. The Labute approximate surface area is 162 Å². The second-order valence-electron chi connectivity index (χ2n) is 6.93. The Bertz CT molecular complexity index is 871. The number of anilines is 1. The summed E-state index contributed by atoms with van der Waals surface area (Å²) in [7, 11) is 0. The number of nitrogens with zero attached hydrogens (tertiary/aromatic N) is 2. The van der Waals surface area contributed by atoms with E-state index in [1.54, 1.807) is 11.3 Å². The molecule has 0 aliphatic carbocycles. The zero-order valence-corrected chi connectivity index (χ0v) is 16.0. The number of hydrogen-bond donors (Lipinski definition) is 2. The maximum absolute atomic E-state index is 12.5. The molecule has 0 spiro atoms. The number of rotatable bonds is 5. The van der Waals surface area contributed by atoms with Crippen LogP contribution in [0.3, 0.4) is 0 Å². The number of carbonyl (C=O) groups is 1. The number of piperidine rings is 1. The average Bonchev–Trinajstić information content (AvgIpc) is 3.40. The third kappa shape index (κ3) is 4.09. The van der Waals surface area contributed by atoms with E-state index in [0.717, 1.165) is 36.5 Å². The maximum Gasteiger partial charge on any atom is 0.274 e. The Hall–Kier alpha value is -2.51. The van der Waals surface area contributed by atoms with Crippen molar-refractivity contribution in [3.63, 3.8) is 0 Å². The van der Waals surface area contributed by atoms with Crippen molar-refractivity contribution in [1.29, 1.82) is 0 Å². The van der Waals surface area contributed by atoms with Crippen LogP contribution in [0.25, 0.3) is 10.8 Å². The quantitative estimate of drug-likeness (QED) is 0.711. The van der Waals surface area contributed by atoms with Crippen LogP contribution in [0.1, 0.15) is 31.7 Å². The lowest BCUT2D eigenvalue weighted by molar-refractivity contribution is -0.936. The number of para-hydroxylation sites is 1. The Morgan fingerprint density at radius 1 is 1.19 bits per heavy atom. The smallest absolute Gasteiger partial charge is 0.274 e. The highest BCUT2D eigenvalue weighted by atomic mass is 32.1. The van der Waals surface area contributed by atoms with Gasteiger partial charge in [-0.25, -0.2) is 0 Å². The topological polar surface area (TPSA) is 72.5 Å². The van der Waals surface area contributed by atoms with E-state index >= 15 is 0 Å². The molecule has 6 nitrogen and oxygen atoms in total. The standard InChI is InChI=1S/C20H22N4O2S/c1-14(19-22-23-20(26-19)17-8-5-13-27-17)24-11-9-15(10-12-24)18(25)21-16-6-3-2-4-7-16/h2-8,13-15H,9-12H2,1H3,(H,21,25)/p+1/t14-/m1/s1. The fourth-order valence-electron chi connectivity index (χ4n) is 3.53. The predicted octanol–water partition coefficient (Wildman–Crippen LogP) is 2.79. The molecule has 2 N–H and O–H groups in total. The summed E-state index contributed by atoms with van der Waals surface area (Å²) < 4.78 is 5.88. The van der Waals surface area contributed by atoms with Crippen molar-refractivity contribution >= 4 is 22.9 Å². The van der Waals surface area contributed by atoms with Crippen LogP contribution in [0, 0.1) is 5.92 Å². The Kier molecular flexibility index (Phi) is 5.31. The van der Waals surface area contributed by atoms with Gasteiger partial charge < -0.3 is 14.6 Å². The van der Waals surface area contributed by atoms with E-state index in [2.05, 4.69) is 22.4 Å². The van der Waals surface area contributed by atoms with Crippen LogP contribution in [0.2, 0.25) is 0 Å². The minimum atomic E-state index is 0.0607. The zero-order valence-electron chi connectivity index (χ0n) is 15.2. The summed E-state index contributed by atoms with van der Waals surface area (Å²) in [5.41, 5.74) is 0.859. The molecule has 4 rings (SSSR count). The average molecular weight is 383 g/mol. The van der Waals surface area contributed by atoms with Crippen molar-refractivity contribution in [3.05, 3.63) is 53.7 Å². The highest BCUT2D eigenvalue weighted by Gasteiger charge is 2.33. The Morgan fingerprint density at radius 3 is 2.67 bits per heavy atom. The molecule has 7 heteroatoms. The van der Waals surface area contributed by atoms with Gasteiger partial charge in [-0.2, -0.15) is 0 Å². The maximum atomic E-state index is 12.5. The van der Waals surface area contributed by atoms with Crippen LogP contribution < -0.4 is 10.2 Å². The highest BCUT2D eigenvalue weighted by molar-refractivity contribution is 7.13. The summed E-state index contributed by atoms with van der Waals surface area (Å²) in [5, 5.41) is 13.4. The molecule has 1 amide bonds. The van der Waals surface area contributed by atoms with Crippen molar-refractivity contribution in [1.82, 2.24) is 10.2 Å². The summed E-state index contributed by atoms with van der Waals surface area (Å²) in [6, 6.07) is 13.7. The second kappa shape index (κ2) is 8.02. The third-order valence-corrected chi connectivity index (χ3v) is 6.05. The van der Waals surface area contributed by atoms with Crippen molar-refractivity contribution in [2.75, 3.05) is 18.4 Å². The molecule has 2 aromatic heterocycles. The number of carbonyl (C=O) groups excluding carboxylic acids is 1. The van der Waals surface area contributed by atoms with Gasteiger partial charge in [0.2, 0.25) is 5.91 Å². The van der Waals surface area contributed by atoms with Gasteiger partial charge >= 0.3 is 0 Å². The van der Waals surface area contributed by atoms with E-state index in [9.17, 15) is 4.79 Å². The van der Waals surface area contributed by atoms with Crippen molar-refractivity contribution < 1.29 is 14.1 Å². The van der Waals surface area contributed by atoms with Crippen molar-refractivity contribution in [2.45, 2.75) is 25.8 Å². The van der Waals surface area contributed by atoms with Gasteiger partial charge in [-0.05, 0) is 30.5 Å². The number of amides is 1. The first-order valence-electron chi connectivity index (χ1n) is 9.28. The Morgan fingerprint density at radius 2 is 1.96 bits per heavy atom. The molecule has 1 saturated heterocycles. The molecule has 1 aliphatic rings. The van der Waals surface area contributed by atoms with Gasteiger partial charge in [-0.3, -0.25) is 4.79 Å². The van der Waals surface area contributed by atoms with Gasteiger partial charge in [0.15, 0.2) is 6.04 Å². The molecule has 1 aliphatic heterocycles. The van der Waals surface area contributed by atoms with E-state index in [4.69, 9.17) is 4.42 Å². The summed E-state index contributed by atoms with van der Waals surface area (Å²) >= 11 is 1.59. The molecule has 1 fully saturated rings. The number of nitrogens with one attached hydrogen (secondary N) is 2. The molecule has 1 aromatic carbocycles. The molecule has 0 radical (unpaired) electrons. The number of aromatic nitrogens is 2. The van der Waals surface area contributed by atoms with E-state index in [1.165, 1.54) is 4.90 Å². The fourth-order valence-corrected chi connectivity index (χ4v) is 4.18. The van der Waals surface area contributed by atoms with Gasteiger partial charge in [0, 0.05) is 24.4 Å². The number of quaternary nitrogens is 1. The van der Waals surface area contributed by atoms with E-state index in [-0.39, 0.29) is 17.9 Å². The number of thiophene rings is 1. The zero-order chi connectivity index (χ0) is 18.6. The summed E-state index contributed by atoms with van der Waals surface area (Å²) in [4.78, 5) is 14.9. The predicted molar refractivity (Wildman–Crippen MR) is 105 cm³/mol. The fraction of sp³-hybridized carbons (Fsp3) is 0.350. The first-order valence-corrected chi connectivity index (χ1v) is 10.2. The monoisotopic (exact) mass is 383 g/mol. The summed E-state index contributed by atoms with van der Waals surface area (Å²) in [5.74, 6) is 1.43. The first-order chi connectivity index (χ1) is 13.2. The molecular weight excluding hydrogens is 360 g/mol.